The van der Waals surface area contributed by atoms with E-state index < -0.39 is 5.91 Å². The van der Waals surface area contributed by atoms with E-state index in [4.69, 9.17) is 4.74 Å². The van der Waals surface area contributed by atoms with Crippen molar-refractivity contribution < 1.29 is 18.7 Å². The Hall–Kier alpha value is -4.11. The van der Waals surface area contributed by atoms with Crippen molar-refractivity contribution in [1.29, 1.82) is 0 Å². The number of hydrogen-bond acceptors (Lipinski definition) is 6. The maximum Gasteiger partial charge on any atom is 0.286 e. The highest BCUT2D eigenvalue weighted by Gasteiger charge is 2.14. The Morgan fingerprint density at radius 3 is 2.47 bits per heavy atom. The van der Waals surface area contributed by atoms with Crippen LogP contribution >= 0.6 is 11.3 Å². The molecule has 0 aliphatic carbocycles. The third kappa shape index (κ3) is 6.23. The first-order valence-corrected chi connectivity index (χ1v) is 11.2. The number of carbonyl (C=O) groups excluding carboxylic acids is 2. The summed E-state index contributed by atoms with van der Waals surface area (Å²) in [6.45, 7) is 2.59. The van der Waals surface area contributed by atoms with Crippen LogP contribution in [0.3, 0.4) is 0 Å². The third-order valence-electron chi connectivity index (χ3n) is 4.78. The molecule has 0 aliphatic rings. The number of nitrogens with one attached hydrogen (secondary N) is 2. The van der Waals surface area contributed by atoms with Crippen LogP contribution in [0.1, 0.15) is 36.3 Å². The number of benzene rings is 3. The number of carbonyl (C=O) groups is 2. The van der Waals surface area contributed by atoms with Crippen molar-refractivity contribution in [1.82, 2.24) is 15.5 Å². The minimum absolute atomic E-state index is 0.125. The molecule has 0 fully saturated rings. The SMILES string of the molecule is Cc1cccc(CNC(=O)c2ccc(OCc3nnc(C(=O)Nc4ccc(F)cc4)s3)cc2)c1. The van der Waals surface area contributed by atoms with Gasteiger partial charge in [0.2, 0.25) is 5.01 Å². The summed E-state index contributed by atoms with van der Waals surface area (Å²) < 4.78 is 18.7. The molecule has 0 radical (unpaired) electrons. The Kier molecular flexibility index (Phi) is 7.24. The summed E-state index contributed by atoms with van der Waals surface area (Å²) in [5, 5.41) is 14.1. The molecule has 0 spiro atoms. The minimum atomic E-state index is -0.434. The van der Waals surface area contributed by atoms with Gasteiger partial charge in [0, 0.05) is 17.8 Å². The summed E-state index contributed by atoms with van der Waals surface area (Å²) in [6, 6.07) is 20.2. The van der Waals surface area contributed by atoms with Crippen LogP contribution in [-0.4, -0.2) is 22.0 Å². The largest absolute Gasteiger partial charge is 0.486 e. The smallest absolute Gasteiger partial charge is 0.286 e. The van der Waals surface area contributed by atoms with E-state index in [0.29, 0.717) is 28.6 Å². The first kappa shape index (κ1) is 23.1. The van der Waals surface area contributed by atoms with Gasteiger partial charge >= 0.3 is 0 Å². The monoisotopic (exact) mass is 476 g/mol. The second kappa shape index (κ2) is 10.7. The highest BCUT2D eigenvalue weighted by Crippen LogP contribution is 2.18. The van der Waals surface area contributed by atoms with Crippen molar-refractivity contribution in [3.63, 3.8) is 0 Å². The van der Waals surface area contributed by atoms with Gasteiger partial charge in [-0.3, -0.25) is 9.59 Å². The molecule has 0 saturated heterocycles. The second-order valence-corrected chi connectivity index (χ2v) is 8.51. The van der Waals surface area contributed by atoms with Gasteiger partial charge in [-0.05, 0) is 61.0 Å². The van der Waals surface area contributed by atoms with Crippen LogP contribution in [0.25, 0.3) is 0 Å². The van der Waals surface area contributed by atoms with Gasteiger partial charge in [0.05, 0.1) is 0 Å². The average molecular weight is 477 g/mol. The molecule has 0 atom stereocenters. The van der Waals surface area contributed by atoms with Crippen molar-refractivity contribution in [2.45, 2.75) is 20.1 Å². The Labute approximate surface area is 199 Å². The number of aromatic nitrogens is 2. The number of halogens is 1. The second-order valence-electron chi connectivity index (χ2n) is 7.45. The van der Waals surface area contributed by atoms with Crippen LogP contribution in [0, 0.1) is 12.7 Å². The van der Waals surface area contributed by atoms with E-state index in [1.165, 1.54) is 24.3 Å². The summed E-state index contributed by atoms with van der Waals surface area (Å²) in [5.74, 6) is -0.433. The summed E-state index contributed by atoms with van der Waals surface area (Å²) in [6.07, 6.45) is 0. The molecule has 9 heteroatoms. The minimum Gasteiger partial charge on any atom is -0.486 e. The van der Waals surface area contributed by atoms with Gasteiger partial charge in [-0.2, -0.15) is 0 Å². The van der Waals surface area contributed by atoms with Gasteiger partial charge in [-0.1, -0.05) is 41.2 Å². The Morgan fingerprint density at radius 2 is 1.74 bits per heavy atom. The van der Waals surface area contributed by atoms with E-state index in [9.17, 15) is 14.0 Å². The van der Waals surface area contributed by atoms with Gasteiger partial charge in [0.1, 0.15) is 18.2 Å². The zero-order valence-electron chi connectivity index (χ0n) is 18.2. The lowest BCUT2D eigenvalue weighted by atomic mass is 10.1. The summed E-state index contributed by atoms with van der Waals surface area (Å²) in [4.78, 5) is 24.7. The van der Waals surface area contributed by atoms with Gasteiger partial charge in [-0.25, -0.2) is 4.39 Å². The fourth-order valence-electron chi connectivity index (χ4n) is 3.08. The highest BCUT2D eigenvalue weighted by atomic mass is 32.1. The zero-order valence-corrected chi connectivity index (χ0v) is 19.1. The molecule has 0 unspecified atom stereocenters. The average Bonchev–Trinajstić information content (AvgIpc) is 3.32. The predicted molar refractivity (Wildman–Crippen MR) is 127 cm³/mol. The summed E-state index contributed by atoms with van der Waals surface area (Å²) in [5.41, 5.74) is 3.17. The predicted octanol–water partition coefficient (Wildman–Crippen LogP) is 4.75. The number of hydrogen-bond donors (Lipinski definition) is 2. The van der Waals surface area contributed by atoms with Crippen LogP contribution in [0.15, 0.2) is 72.8 Å². The summed E-state index contributed by atoms with van der Waals surface area (Å²) >= 11 is 1.10. The summed E-state index contributed by atoms with van der Waals surface area (Å²) in [7, 11) is 0. The van der Waals surface area contributed by atoms with Crippen molar-refractivity contribution in [2.24, 2.45) is 0 Å². The van der Waals surface area contributed by atoms with Crippen LogP contribution in [0.5, 0.6) is 5.75 Å². The molecule has 2 N–H and O–H groups in total. The van der Waals surface area contributed by atoms with Crippen molar-refractivity contribution in [3.8, 4) is 5.75 Å². The topological polar surface area (TPSA) is 93.2 Å². The molecule has 7 nitrogen and oxygen atoms in total. The third-order valence-corrected chi connectivity index (χ3v) is 5.67. The molecule has 1 heterocycles. The molecule has 4 aromatic rings. The Bertz CT molecular complexity index is 1290. The number of ether oxygens (including phenoxy) is 1. The molecular formula is C25H21FN4O3S. The van der Waals surface area contributed by atoms with E-state index in [2.05, 4.69) is 20.8 Å². The molecule has 1 aromatic heterocycles. The molecule has 0 aliphatic heterocycles. The molecule has 2 amide bonds. The number of aryl methyl sites for hydroxylation is 1. The maximum atomic E-state index is 13.0. The maximum absolute atomic E-state index is 13.0. The lowest BCUT2D eigenvalue weighted by Gasteiger charge is -2.08. The van der Waals surface area contributed by atoms with E-state index >= 15 is 0 Å². The molecule has 172 valence electrons. The Morgan fingerprint density at radius 1 is 0.971 bits per heavy atom. The molecule has 0 bridgehead atoms. The van der Waals surface area contributed by atoms with E-state index in [-0.39, 0.29) is 23.3 Å². The lowest BCUT2D eigenvalue weighted by molar-refractivity contribution is 0.0950. The standard InChI is InChI=1S/C25H21FN4O3S/c1-16-3-2-4-17(13-16)14-27-23(31)18-5-11-21(12-6-18)33-15-22-29-30-25(34-22)24(32)28-20-9-7-19(26)8-10-20/h2-13H,14-15H2,1H3,(H,27,31)(H,28,32). The number of nitrogens with zero attached hydrogens (tertiary/aromatic N) is 2. The number of anilines is 1. The van der Waals surface area contributed by atoms with E-state index in [1.807, 2.05) is 31.2 Å². The van der Waals surface area contributed by atoms with Gasteiger partial charge in [0.15, 0.2) is 5.01 Å². The number of amides is 2. The molecule has 3 aromatic carbocycles. The normalized spacial score (nSPS) is 10.5. The van der Waals surface area contributed by atoms with Crippen LogP contribution in [0.4, 0.5) is 10.1 Å². The van der Waals surface area contributed by atoms with Gasteiger partial charge in [0.25, 0.3) is 11.8 Å². The first-order valence-electron chi connectivity index (χ1n) is 10.4. The van der Waals surface area contributed by atoms with Crippen molar-refractivity contribution in [3.05, 3.63) is 105 Å². The van der Waals surface area contributed by atoms with Crippen molar-refractivity contribution in [2.75, 3.05) is 5.32 Å². The highest BCUT2D eigenvalue weighted by molar-refractivity contribution is 7.13. The first-order chi connectivity index (χ1) is 16.5. The molecule has 34 heavy (non-hydrogen) atoms. The van der Waals surface area contributed by atoms with Gasteiger partial charge < -0.3 is 15.4 Å². The molecule has 4 rings (SSSR count). The van der Waals surface area contributed by atoms with E-state index in [0.717, 1.165) is 22.5 Å². The van der Waals surface area contributed by atoms with Crippen LogP contribution in [0.2, 0.25) is 0 Å². The van der Waals surface area contributed by atoms with Crippen LogP contribution in [-0.2, 0) is 13.2 Å². The number of rotatable bonds is 8. The van der Waals surface area contributed by atoms with Gasteiger partial charge in [-0.15, -0.1) is 10.2 Å². The molecular weight excluding hydrogens is 455 g/mol. The lowest BCUT2D eigenvalue weighted by Crippen LogP contribution is -2.22. The molecule has 0 saturated carbocycles. The fourth-order valence-corrected chi connectivity index (χ4v) is 3.72. The van der Waals surface area contributed by atoms with Crippen LogP contribution < -0.4 is 15.4 Å². The fraction of sp³-hybridized carbons (Fsp3) is 0.120. The Balaban J connectivity index is 1.27. The van der Waals surface area contributed by atoms with E-state index in [1.54, 1.807) is 24.3 Å². The van der Waals surface area contributed by atoms with Crippen molar-refractivity contribution >= 4 is 28.8 Å². The quantitative estimate of drug-likeness (QED) is 0.383. The zero-order chi connectivity index (χ0) is 23.9.